The fourth-order valence-electron chi connectivity index (χ4n) is 1.53. The van der Waals surface area contributed by atoms with E-state index in [0.717, 1.165) is 6.92 Å². The molecular formula is C15H17F3O6. The highest BCUT2D eigenvalue weighted by atomic mass is 19.4. The molecule has 0 fully saturated rings. The summed E-state index contributed by atoms with van der Waals surface area (Å²) in [6, 6.07) is 6.11. The lowest BCUT2D eigenvalue weighted by Crippen LogP contribution is -2.30. The van der Waals surface area contributed by atoms with E-state index in [2.05, 4.69) is 4.74 Å². The summed E-state index contributed by atoms with van der Waals surface area (Å²) in [5.41, 5.74) is 0.369. The normalized spacial score (nSPS) is 12.4. The number of esters is 2. The van der Waals surface area contributed by atoms with Crippen LogP contribution in [0.4, 0.5) is 13.2 Å². The van der Waals surface area contributed by atoms with Gasteiger partial charge in [-0.3, -0.25) is 0 Å². The van der Waals surface area contributed by atoms with E-state index in [1.165, 1.54) is 12.1 Å². The van der Waals surface area contributed by atoms with Gasteiger partial charge in [-0.15, -0.1) is 0 Å². The fourth-order valence-corrected chi connectivity index (χ4v) is 1.53. The quantitative estimate of drug-likeness (QED) is 0.408. The highest BCUT2D eigenvalue weighted by Crippen LogP contribution is 2.17. The summed E-state index contributed by atoms with van der Waals surface area (Å²) in [6.45, 7) is 3.06. The standard InChI is InChI=1S/C15H17F3O6/c1-3-21-13(19)11-4-6-12(7-5-11)23-9-8-22-10(2)24-14(20)15(16,17)18/h4-7,10H,3,8-9H2,1-2H3. The van der Waals surface area contributed by atoms with E-state index in [9.17, 15) is 22.8 Å². The molecule has 0 aromatic heterocycles. The molecule has 0 bridgehead atoms. The zero-order valence-corrected chi connectivity index (χ0v) is 13.1. The van der Waals surface area contributed by atoms with Gasteiger partial charge in [-0.05, 0) is 38.1 Å². The predicted octanol–water partition coefficient (Wildman–Crippen LogP) is 2.71. The average molecular weight is 350 g/mol. The summed E-state index contributed by atoms with van der Waals surface area (Å²) in [7, 11) is 0. The third-order valence-electron chi connectivity index (χ3n) is 2.57. The van der Waals surface area contributed by atoms with Crippen molar-refractivity contribution in [3.63, 3.8) is 0 Å². The van der Waals surface area contributed by atoms with Crippen LogP contribution in [0.5, 0.6) is 5.75 Å². The van der Waals surface area contributed by atoms with Gasteiger partial charge in [-0.25, -0.2) is 9.59 Å². The van der Waals surface area contributed by atoms with Crippen LogP contribution in [0, 0.1) is 0 Å². The van der Waals surface area contributed by atoms with E-state index in [0.29, 0.717) is 11.3 Å². The molecule has 0 aliphatic rings. The summed E-state index contributed by atoms with van der Waals surface area (Å²) < 4.78 is 54.9. The first-order valence-electron chi connectivity index (χ1n) is 7.03. The minimum Gasteiger partial charge on any atom is -0.491 e. The van der Waals surface area contributed by atoms with Crippen molar-refractivity contribution in [2.24, 2.45) is 0 Å². The predicted molar refractivity (Wildman–Crippen MR) is 75.5 cm³/mol. The van der Waals surface area contributed by atoms with Crippen molar-refractivity contribution < 1.29 is 41.7 Å². The van der Waals surface area contributed by atoms with Crippen LogP contribution in [0.25, 0.3) is 0 Å². The molecule has 24 heavy (non-hydrogen) atoms. The van der Waals surface area contributed by atoms with Crippen molar-refractivity contribution in [1.29, 1.82) is 0 Å². The molecule has 0 aliphatic carbocycles. The number of hydrogen-bond acceptors (Lipinski definition) is 6. The molecule has 1 unspecified atom stereocenters. The van der Waals surface area contributed by atoms with E-state index >= 15 is 0 Å². The molecule has 1 rings (SSSR count). The van der Waals surface area contributed by atoms with E-state index < -0.39 is 24.4 Å². The topological polar surface area (TPSA) is 71.1 Å². The van der Waals surface area contributed by atoms with Crippen molar-refractivity contribution in [2.45, 2.75) is 26.3 Å². The highest BCUT2D eigenvalue weighted by Gasteiger charge is 2.41. The molecule has 0 aliphatic heterocycles. The molecule has 0 saturated heterocycles. The number of carbonyl (C=O) groups is 2. The Labute approximate surface area is 136 Å². The molecule has 1 atom stereocenters. The SMILES string of the molecule is CCOC(=O)c1ccc(OCCOC(C)OC(=O)C(F)(F)F)cc1. The number of alkyl halides is 3. The number of carbonyl (C=O) groups excluding carboxylic acids is 2. The lowest BCUT2D eigenvalue weighted by atomic mass is 10.2. The Hall–Kier alpha value is -2.29. The summed E-state index contributed by atoms with van der Waals surface area (Å²) in [6.07, 6.45) is -6.41. The second-order valence-electron chi connectivity index (χ2n) is 4.43. The van der Waals surface area contributed by atoms with Crippen LogP contribution < -0.4 is 4.74 Å². The van der Waals surface area contributed by atoms with Gasteiger partial charge in [-0.1, -0.05) is 0 Å². The van der Waals surface area contributed by atoms with Crippen LogP contribution in [0.15, 0.2) is 24.3 Å². The molecule has 0 heterocycles. The zero-order chi connectivity index (χ0) is 18.2. The Bertz CT molecular complexity index is 541. The van der Waals surface area contributed by atoms with Crippen LogP contribution in [0.2, 0.25) is 0 Å². The smallest absolute Gasteiger partial charge is 0.491 e. The van der Waals surface area contributed by atoms with Gasteiger partial charge in [0.15, 0.2) is 0 Å². The molecule has 0 spiro atoms. The van der Waals surface area contributed by atoms with Gasteiger partial charge in [-0.2, -0.15) is 13.2 Å². The molecule has 1 aromatic carbocycles. The maximum atomic E-state index is 12.0. The van der Waals surface area contributed by atoms with Gasteiger partial charge in [0.25, 0.3) is 0 Å². The van der Waals surface area contributed by atoms with E-state index in [-0.39, 0.29) is 19.8 Å². The van der Waals surface area contributed by atoms with Gasteiger partial charge in [0.05, 0.1) is 18.8 Å². The van der Waals surface area contributed by atoms with Gasteiger partial charge in [0.2, 0.25) is 6.29 Å². The minimum absolute atomic E-state index is 0.0205. The van der Waals surface area contributed by atoms with Crippen LogP contribution in [-0.4, -0.2) is 44.2 Å². The molecule has 6 nitrogen and oxygen atoms in total. The highest BCUT2D eigenvalue weighted by molar-refractivity contribution is 5.89. The molecular weight excluding hydrogens is 333 g/mol. The van der Waals surface area contributed by atoms with Crippen molar-refractivity contribution in [3.8, 4) is 5.75 Å². The Morgan fingerprint density at radius 2 is 1.75 bits per heavy atom. The number of halogens is 3. The van der Waals surface area contributed by atoms with Crippen molar-refractivity contribution in [2.75, 3.05) is 19.8 Å². The van der Waals surface area contributed by atoms with Crippen molar-refractivity contribution in [3.05, 3.63) is 29.8 Å². The second-order valence-corrected chi connectivity index (χ2v) is 4.43. The van der Waals surface area contributed by atoms with Crippen molar-refractivity contribution in [1.82, 2.24) is 0 Å². The first-order valence-corrected chi connectivity index (χ1v) is 7.03. The number of rotatable bonds is 8. The largest absolute Gasteiger partial charge is 0.491 e. The maximum Gasteiger partial charge on any atom is 0.491 e. The number of hydrogen-bond donors (Lipinski definition) is 0. The van der Waals surface area contributed by atoms with E-state index in [1.807, 2.05) is 0 Å². The summed E-state index contributed by atoms with van der Waals surface area (Å²) in [5.74, 6) is -2.33. The molecule has 0 amide bonds. The average Bonchev–Trinajstić information content (AvgIpc) is 2.51. The molecule has 134 valence electrons. The second kappa shape index (κ2) is 9.11. The Morgan fingerprint density at radius 3 is 2.29 bits per heavy atom. The number of benzene rings is 1. The monoisotopic (exact) mass is 350 g/mol. The Morgan fingerprint density at radius 1 is 1.12 bits per heavy atom. The van der Waals surface area contributed by atoms with Gasteiger partial charge in [0, 0.05) is 0 Å². The fraction of sp³-hybridized carbons (Fsp3) is 0.467. The molecule has 9 heteroatoms. The minimum atomic E-state index is -5.06. The maximum absolute atomic E-state index is 12.0. The first-order chi connectivity index (χ1) is 11.2. The van der Waals surface area contributed by atoms with Crippen LogP contribution in [0.3, 0.4) is 0 Å². The summed E-state index contributed by atoms with van der Waals surface area (Å²) in [5, 5.41) is 0. The van der Waals surface area contributed by atoms with Gasteiger partial charge >= 0.3 is 18.1 Å². The third kappa shape index (κ3) is 6.86. The van der Waals surface area contributed by atoms with Crippen LogP contribution in [-0.2, 0) is 19.0 Å². The first kappa shape index (κ1) is 19.8. The van der Waals surface area contributed by atoms with E-state index in [1.54, 1.807) is 19.1 Å². The lowest BCUT2D eigenvalue weighted by Gasteiger charge is -2.15. The molecule has 0 saturated carbocycles. The lowest BCUT2D eigenvalue weighted by molar-refractivity contribution is -0.223. The molecule has 1 aromatic rings. The summed E-state index contributed by atoms with van der Waals surface area (Å²) >= 11 is 0. The molecule has 0 radical (unpaired) electrons. The van der Waals surface area contributed by atoms with Crippen LogP contribution >= 0.6 is 0 Å². The Balaban J connectivity index is 2.30. The third-order valence-corrected chi connectivity index (χ3v) is 2.57. The number of ether oxygens (including phenoxy) is 4. The Kier molecular flexibility index (Phi) is 7.50. The van der Waals surface area contributed by atoms with Gasteiger partial charge in [0.1, 0.15) is 12.4 Å². The zero-order valence-electron chi connectivity index (χ0n) is 13.1. The molecule has 0 N–H and O–H groups in total. The van der Waals surface area contributed by atoms with Gasteiger partial charge < -0.3 is 18.9 Å². The summed E-state index contributed by atoms with van der Waals surface area (Å²) in [4.78, 5) is 22.0. The van der Waals surface area contributed by atoms with Crippen LogP contribution in [0.1, 0.15) is 24.2 Å². The van der Waals surface area contributed by atoms with Crippen molar-refractivity contribution >= 4 is 11.9 Å². The van der Waals surface area contributed by atoms with E-state index in [4.69, 9.17) is 14.2 Å².